The van der Waals surface area contributed by atoms with E-state index in [1.807, 2.05) is 0 Å². The van der Waals surface area contributed by atoms with Crippen LogP contribution in [0.25, 0.3) is 0 Å². The van der Waals surface area contributed by atoms with Crippen molar-refractivity contribution < 1.29 is 13.2 Å². The number of rotatable bonds is 0. The number of halogens is 4. The number of hydrogen-bond donors (Lipinski definition) is 1. The molecule has 2 saturated heterocycles. The van der Waals surface area contributed by atoms with Crippen molar-refractivity contribution in [1.82, 2.24) is 5.32 Å². The Morgan fingerprint density at radius 2 is 1.65 bits per heavy atom. The van der Waals surface area contributed by atoms with Crippen molar-refractivity contribution in [2.24, 2.45) is 0 Å². The third-order valence-corrected chi connectivity index (χ3v) is 6.83. The van der Waals surface area contributed by atoms with Gasteiger partial charge in [0, 0.05) is 6.54 Å². The van der Waals surface area contributed by atoms with Crippen LogP contribution in [0.5, 0.6) is 0 Å². The number of sulfone groups is 1. The van der Waals surface area contributed by atoms with Gasteiger partial charge in [0.15, 0.2) is 18.5 Å². The molecule has 0 aromatic carbocycles. The second-order valence-electron chi connectivity index (χ2n) is 4.02. The Hall–Kier alpha value is 1.03. The normalized spacial score (nSPS) is 32.9. The van der Waals surface area contributed by atoms with Crippen LogP contribution in [0.1, 0.15) is 6.92 Å². The van der Waals surface area contributed by atoms with E-state index >= 15 is 0 Å². The first-order valence-corrected chi connectivity index (χ1v) is 8.17. The second-order valence-corrected chi connectivity index (χ2v) is 9.05. The van der Waals surface area contributed by atoms with Gasteiger partial charge in [0.2, 0.25) is 0 Å². The molecule has 9 heteroatoms. The summed E-state index contributed by atoms with van der Waals surface area (Å²) < 4.78 is 23.7. The van der Waals surface area contributed by atoms with Crippen LogP contribution < -0.4 is 5.32 Å². The molecule has 0 spiro atoms. The minimum absolute atomic E-state index is 0.393. The molecule has 2 heterocycles. The Balaban J connectivity index is 0.000000202. The lowest BCUT2D eigenvalue weighted by Crippen LogP contribution is -2.33. The number of nitrogens with one attached hydrogen (secondary N) is 1. The summed E-state index contributed by atoms with van der Waals surface area (Å²) in [6.07, 6.45) is 0.435. The average Bonchev–Trinajstić information content (AvgIpc) is 2.56. The fourth-order valence-corrected chi connectivity index (χ4v) is 5.62. The van der Waals surface area contributed by atoms with Gasteiger partial charge >= 0.3 is 0 Å². The van der Waals surface area contributed by atoms with Gasteiger partial charge in [0.05, 0.1) is 24.3 Å². The summed E-state index contributed by atoms with van der Waals surface area (Å²) in [7, 11) is -3.29. The zero-order valence-corrected chi connectivity index (χ0v) is 12.9. The van der Waals surface area contributed by atoms with Gasteiger partial charge in [-0.1, -0.05) is 46.4 Å². The molecule has 0 aromatic rings. The molecule has 0 saturated carbocycles. The Labute approximate surface area is 121 Å². The molecule has 2 rings (SSSR count). The van der Waals surface area contributed by atoms with E-state index in [0.29, 0.717) is 6.10 Å². The van der Waals surface area contributed by atoms with Gasteiger partial charge in [-0.25, -0.2) is 8.42 Å². The molecule has 4 nitrogen and oxygen atoms in total. The smallest absolute Gasteiger partial charge is 0.165 e. The molecule has 1 atom stereocenters. The van der Waals surface area contributed by atoms with Gasteiger partial charge in [-0.05, 0) is 6.92 Å². The van der Waals surface area contributed by atoms with Crippen molar-refractivity contribution in [3.8, 4) is 0 Å². The topological polar surface area (TPSA) is 55.4 Å². The van der Waals surface area contributed by atoms with Crippen LogP contribution >= 0.6 is 46.4 Å². The molecule has 2 fully saturated rings. The van der Waals surface area contributed by atoms with Gasteiger partial charge in [-0.2, -0.15) is 0 Å². The molecule has 2 aliphatic heterocycles. The van der Waals surface area contributed by atoms with Crippen molar-refractivity contribution in [1.29, 1.82) is 0 Å². The number of ether oxygens (including phenoxy) is 1. The molecule has 2 aliphatic rings. The predicted octanol–water partition coefficient (Wildman–Crippen LogP) is 1.71. The highest BCUT2D eigenvalue weighted by Gasteiger charge is 2.58. The third-order valence-electron chi connectivity index (χ3n) is 2.24. The molecule has 17 heavy (non-hydrogen) atoms. The van der Waals surface area contributed by atoms with E-state index in [0.717, 1.165) is 13.3 Å². The average molecular weight is 345 g/mol. The highest BCUT2D eigenvalue weighted by atomic mass is 35.5. The summed E-state index contributed by atoms with van der Waals surface area (Å²) in [4.78, 5) is 0. The summed E-state index contributed by atoms with van der Waals surface area (Å²) >= 11 is 22.3. The third kappa shape index (κ3) is 4.56. The summed E-state index contributed by atoms with van der Waals surface area (Å²) in [5, 5.41) is 3.05. The lowest BCUT2D eigenvalue weighted by molar-refractivity contribution is 0.127. The molecule has 1 N–H and O–H groups in total. The summed E-state index contributed by atoms with van der Waals surface area (Å²) in [5.74, 6) is -0.785. The first kappa shape index (κ1) is 16.1. The van der Waals surface area contributed by atoms with Crippen LogP contribution in [0, 0.1) is 0 Å². The first-order valence-electron chi connectivity index (χ1n) is 4.84. The highest BCUT2D eigenvalue weighted by molar-refractivity contribution is 7.92. The Morgan fingerprint density at radius 3 is 1.76 bits per heavy atom. The van der Waals surface area contributed by atoms with E-state index < -0.39 is 30.0 Å². The van der Waals surface area contributed by atoms with Crippen LogP contribution in [0.15, 0.2) is 0 Å². The number of hydrogen-bond acceptors (Lipinski definition) is 4. The van der Waals surface area contributed by atoms with Crippen LogP contribution in [-0.2, 0) is 14.6 Å². The van der Waals surface area contributed by atoms with Gasteiger partial charge in [0.25, 0.3) is 0 Å². The van der Waals surface area contributed by atoms with E-state index in [2.05, 4.69) is 12.2 Å². The molecule has 1 unspecified atom stereocenters. The first-order chi connectivity index (χ1) is 7.56. The second kappa shape index (κ2) is 5.57. The Kier molecular flexibility index (Phi) is 5.27. The van der Waals surface area contributed by atoms with E-state index in [-0.39, 0.29) is 0 Å². The predicted molar refractivity (Wildman–Crippen MR) is 70.9 cm³/mol. The molecule has 0 bridgehead atoms. The SMILES string of the molecule is CC1CNCO1.O=S1(=O)CC(Cl)(Cl)C(Cl)(Cl)C1. The van der Waals surface area contributed by atoms with Gasteiger partial charge in [-0.3, -0.25) is 5.32 Å². The molecule has 0 aromatic heterocycles. The maximum Gasteiger partial charge on any atom is 0.165 e. The lowest BCUT2D eigenvalue weighted by atomic mass is 10.3. The minimum atomic E-state index is -3.29. The van der Waals surface area contributed by atoms with E-state index in [4.69, 9.17) is 51.1 Å². The van der Waals surface area contributed by atoms with Crippen molar-refractivity contribution >= 4 is 56.2 Å². The summed E-state index contributed by atoms with van der Waals surface area (Å²) in [6, 6.07) is 0. The van der Waals surface area contributed by atoms with Crippen LogP contribution in [0.3, 0.4) is 0 Å². The fourth-order valence-electron chi connectivity index (χ4n) is 1.34. The fraction of sp³-hybridized carbons (Fsp3) is 1.00. The van der Waals surface area contributed by atoms with Crippen molar-refractivity contribution in [2.75, 3.05) is 24.8 Å². The highest BCUT2D eigenvalue weighted by Crippen LogP contribution is 2.49. The summed E-state index contributed by atoms with van der Waals surface area (Å²) in [5.41, 5.74) is 0. The van der Waals surface area contributed by atoms with Crippen LogP contribution in [-0.4, -0.2) is 48.0 Å². The van der Waals surface area contributed by atoms with Gasteiger partial charge < -0.3 is 4.74 Å². The van der Waals surface area contributed by atoms with Crippen molar-refractivity contribution in [3.63, 3.8) is 0 Å². The molecular formula is C8H13Cl4NO3S. The molecular weight excluding hydrogens is 332 g/mol. The van der Waals surface area contributed by atoms with E-state index in [1.54, 1.807) is 0 Å². The molecule has 0 aliphatic carbocycles. The quantitative estimate of drug-likeness (QED) is 0.680. The van der Waals surface area contributed by atoms with Crippen molar-refractivity contribution in [3.05, 3.63) is 0 Å². The van der Waals surface area contributed by atoms with E-state index in [1.165, 1.54) is 0 Å². The maximum absolute atomic E-state index is 10.9. The Bertz CT molecular complexity index is 343. The van der Waals surface area contributed by atoms with Crippen LogP contribution in [0.4, 0.5) is 0 Å². The van der Waals surface area contributed by atoms with Gasteiger partial charge in [-0.15, -0.1) is 0 Å². The maximum atomic E-state index is 10.9. The molecule has 0 radical (unpaired) electrons. The van der Waals surface area contributed by atoms with Crippen LogP contribution in [0.2, 0.25) is 0 Å². The largest absolute Gasteiger partial charge is 0.362 e. The minimum Gasteiger partial charge on any atom is -0.362 e. The zero-order valence-electron chi connectivity index (χ0n) is 9.05. The Morgan fingerprint density at radius 1 is 1.18 bits per heavy atom. The monoisotopic (exact) mass is 343 g/mol. The lowest BCUT2D eigenvalue weighted by Gasteiger charge is -2.21. The standard InChI is InChI=1S/C4H4Cl4O2S.C4H9NO/c5-3(6)1-11(9,10)2-4(3,7)8;1-4-2-5-3-6-4/h1-2H2;4-5H,2-3H2,1H3. The van der Waals surface area contributed by atoms with E-state index in [9.17, 15) is 8.42 Å². The molecule has 0 amide bonds. The zero-order chi connectivity index (χ0) is 13.3. The molecule has 102 valence electrons. The summed E-state index contributed by atoms with van der Waals surface area (Å²) in [6.45, 7) is 3.81. The van der Waals surface area contributed by atoms with Gasteiger partial charge in [0.1, 0.15) is 0 Å². The van der Waals surface area contributed by atoms with Crippen molar-refractivity contribution in [2.45, 2.75) is 21.7 Å². The number of alkyl halides is 4.